The molecule has 0 saturated carbocycles. The highest BCUT2D eigenvalue weighted by molar-refractivity contribution is 5.15. The van der Waals surface area contributed by atoms with Crippen molar-refractivity contribution in [2.75, 3.05) is 26.4 Å². The van der Waals surface area contributed by atoms with Gasteiger partial charge in [-0.25, -0.2) is 0 Å². The Morgan fingerprint density at radius 3 is 3.00 bits per heavy atom. The number of hydrogen-bond acceptors (Lipinski definition) is 3. The molecule has 0 aromatic rings. The van der Waals surface area contributed by atoms with E-state index in [0.29, 0.717) is 6.04 Å². The summed E-state index contributed by atoms with van der Waals surface area (Å²) in [6, 6.07) is 0.366. The molecule has 16 heavy (non-hydrogen) atoms. The summed E-state index contributed by atoms with van der Waals surface area (Å²) in [6.45, 7) is 5.35. The minimum atomic E-state index is 0.207. The van der Waals surface area contributed by atoms with Crippen molar-refractivity contribution in [3.8, 4) is 0 Å². The van der Waals surface area contributed by atoms with Crippen LogP contribution in [0.15, 0.2) is 11.6 Å². The highest BCUT2D eigenvalue weighted by Crippen LogP contribution is 2.24. The summed E-state index contributed by atoms with van der Waals surface area (Å²) in [7, 11) is 0. The highest BCUT2D eigenvalue weighted by atomic mass is 16.6. The van der Waals surface area contributed by atoms with Crippen LogP contribution in [-0.2, 0) is 9.47 Å². The van der Waals surface area contributed by atoms with E-state index in [1.54, 1.807) is 0 Å². The van der Waals surface area contributed by atoms with Crippen LogP contribution in [0.1, 0.15) is 32.6 Å². The van der Waals surface area contributed by atoms with Crippen LogP contribution in [0, 0.1) is 0 Å². The Bertz CT molecular complexity index is 234. The molecular formula is C13H23NO2. The third kappa shape index (κ3) is 3.06. The Balaban J connectivity index is 1.99. The summed E-state index contributed by atoms with van der Waals surface area (Å²) in [6.07, 6.45) is 7.71. The van der Waals surface area contributed by atoms with Gasteiger partial charge < -0.3 is 14.8 Å². The van der Waals surface area contributed by atoms with Crippen LogP contribution >= 0.6 is 0 Å². The monoisotopic (exact) mass is 225 g/mol. The fourth-order valence-corrected chi connectivity index (χ4v) is 2.57. The molecule has 1 aliphatic carbocycles. The van der Waals surface area contributed by atoms with E-state index in [0.717, 1.165) is 26.4 Å². The molecule has 3 nitrogen and oxygen atoms in total. The largest absolute Gasteiger partial charge is 0.376 e. The molecule has 0 radical (unpaired) electrons. The Hall–Kier alpha value is -0.380. The van der Waals surface area contributed by atoms with Crippen LogP contribution in [0.5, 0.6) is 0 Å². The van der Waals surface area contributed by atoms with Gasteiger partial charge in [0.25, 0.3) is 0 Å². The van der Waals surface area contributed by atoms with Gasteiger partial charge in [0.15, 0.2) is 0 Å². The van der Waals surface area contributed by atoms with Crippen molar-refractivity contribution in [3.05, 3.63) is 11.6 Å². The Labute approximate surface area is 98.2 Å². The first kappa shape index (κ1) is 12.1. The van der Waals surface area contributed by atoms with Crippen LogP contribution in [0.25, 0.3) is 0 Å². The molecule has 1 aliphatic heterocycles. The molecule has 3 heteroatoms. The molecule has 92 valence electrons. The zero-order valence-corrected chi connectivity index (χ0v) is 10.2. The van der Waals surface area contributed by atoms with Crippen molar-refractivity contribution < 1.29 is 9.47 Å². The topological polar surface area (TPSA) is 30.5 Å². The first-order valence-electron chi connectivity index (χ1n) is 6.53. The molecule has 1 fully saturated rings. The number of hydrogen-bond donors (Lipinski definition) is 1. The molecule has 2 rings (SSSR count). The van der Waals surface area contributed by atoms with Crippen molar-refractivity contribution in [2.24, 2.45) is 0 Å². The van der Waals surface area contributed by atoms with Crippen LogP contribution in [-0.4, -0.2) is 38.5 Å². The molecule has 0 spiro atoms. The first-order valence-corrected chi connectivity index (χ1v) is 6.53. The number of rotatable bonds is 4. The van der Waals surface area contributed by atoms with E-state index in [9.17, 15) is 0 Å². The lowest BCUT2D eigenvalue weighted by Crippen LogP contribution is -2.48. The molecule has 0 aromatic carbocycles. The molecule has 0 bridgehead atoms. The van der Waals surface area contributed by atoms with E-state index in [1.807, 2.05) is 0 Å². The third-order valence-corrected chi connectivity index (χ3v) is 3.36. The summed E-state index contributed by atoms with van der Waals surface area (Å²) in [4.78, 5) is 0. The number of nitrogens with one attached hydrogen (secondary N) is 1. The number of allylic oxidation sites excluding steroid dienone is 1. The maximum atomic E-state index is 5.82. The van der Waals surface area contributed by atoms with Crippen LogP contribution in [0.3, 0.4) is 0 Å². The summed E-state index contributed by atoms with van der Waals surface area (Å²) < 4.78 is 11.3. The highest BCUT2D eigenvalue weighted by Gasteiger charge is 2.27. The summed E-state index contributed by atoms with van der Waals surface area (Å²) in [5.41, 5.74) is 1.53. The standard InChI is InChI=1S/C13H23NO2/c1-2-14-13(11-6-4-3-5-7-11)12-10-15-8-9-16-12/h6,12-14H,2-5,7-10H2,1H3. The van der Waals surface area contributed by atoms with Gasteiger partial charge in [0.2, 0.25) is 0 Å². The minimum Gasteiger partial charge on any atom is -0.376 e. The van der Waals surface area contributed by atoms with Crippen molar-refractivity contribution in [2.45, 2.75) is 44.8 Å². The Kier molecular flexibility index (Phi) is 4.82. The maximum absolute atomic E-state index is 5.82. The predicted molar refractivity (Wildman–Crippen MR) is 64.6 cm³/mol. The molecule has 1 heterocycles. The van der Waals surface area contributed by atoms with Crippen LogP contribution < -0.4 is 5.32 Å². The third-order valence-electron chi connectivity index (χ3n) is 3.36. The second-order valence-corrected chi connectivity index (χ2v) is 4.54. The lowest BCUT2D eigenvalue weighted by Gasteiger charge is -2.33. The molecule has 2 aliphatic rings. The quantitative estimate of drug-likeness (QED) is 0.741. The van der Waals surface area contributed by atoms with E-state index in [2.05, 4.69) is 18.3 Å². The number of ether oxygens (including phenoxy) is 2. The van der Waals surface area contributed by atoms with E-state index in [1.165, 1.54) is 31.3 Å². The maximum Gasteiger partial charge on any atom is 0.1000 e. The molecule has 2 unspecified atom stereocenters. The van der Waals surface area contributed by atoms with Crippen LogP contribution in [0.4, 0.5) is 0 Å². The van der Waals surface area contributed by atoms with Crippen molar-refractivity contribution in [3.63, 3.8) is 0 Å². The second-order valence-electron chi connectivity index (χ2n) is 4.54. The van der Waals surface area contributed by atoms with Gasteiger partial charge in [-0.2, -0.15) is 0 Å². The predicted octanol–water partition coefficient (Wildman–Crippen LogP) is 1.88. The molecule has 0 amide bonds. The van der Waals surface area contributed by atoms with Crippen molar-refractivity contribution in [1.29, 1.82) is 0 Å². The lowest BCUT2D eigenvalue weighted by molar-refractivity contribution is -0.0970. The van der Waals surface area contributed by atoms with Gasteiger partial charge in [-0.05, 0) is 32.2 Å². The Morgan fingerprint density at radius 1 is 1.44 bits per heavy atom. The van der Waals surface area contributed by atoms with Gasteiger partial charge in [0.1, 0.15) is 0 Å². The second kappa shape index (κ2) is 6.38. The van der Waals surface area contributed by atoms with Gasteiger partial charge in [0.05, 0.1) is 32.0 Å². The fourth-order valence-electron chi connectivity index (χ4n) is 2.57. The molecule has 1 saturated heterocycles. The van der Waals surface area contributed by atoms with E-state index in [-0.39, 0.29) is 6.10 Å². The van der Waals surface area contributed by atoms with Gasteiger partial charge in [-0.15, -0.1) is 0 Å². The zero-order chi connectivity index (χ0) is 11.2. The normalized spacial score (nSPS) is 28.6. The molecular weight excluding hydrogens is 202 g/mol. The SMILES string of the molecule is CCNC(C1=CCCCC1)C1COCCO1. The van der Waals surface area contributed by atoms with Crippen molar-refractivity contribution >= 4 is 0 Å². The summed E-state index contributed by atoms with van der Waals surface area (Å²) >= 11 is 0. The van der Waals surface area contributed by atoms with Crippen LogP contribution in [0.2, 0.25) is 0 Å². The van der Waals surface area contributed by atoms with E-state index >= 15 is 0 Å². The smallest absolute Gasteiger partial charge is 0.1000 e. The van der Waals surface area contributed by atoms with Gasteiger partial charge >= 0.3 is 0 Å². The fraction of sp³-hybridized carbons (Fsp3) is 0.846. The van der Waals surface area contributed by atoms with Gasteiger partial charge in [0, 0.05) is 0 Å². The molecule has 0 aromatic heterocycles. The van der Waals surface area contributed by atoms with Gasteiger partial charge in [-0.1, -0.05) is 18.6 Å². The zero-order valence-electron chi connectivity index (χ0n) is 10.2. The van der Waals surface area contributed by atoms with E-state index < -0.39 is 0 Å². The Morgan fingerprint density at radius 2 is 2.38 bits per heavy atom. The van der Waals surface area contributed by atoms with Gasteiger partial charge in [-0.3, -0.25) is 0 Å². The number of likely N-dealkylation sites (N-methyl/N-ethyl adjacent to an activating group) is 1. The van der Waals surface area contributed by atoms with Crippen molar-refractivity contribution in [1.82, 2.24) is 5.32 Å². The molecule has 1 N–H and O–H groups in total. The lowest BCUT2D eigenvalue weighted by atomic mass is 9.91. The first-order chi connectivity index (χ1) is 7.92. The average Bonchev–Trinajstić information content (AvgIpc) is 2.38. The minimum absolute atomic E-state index is 0.207. The summed E-state index contributed by atoms with van der Waals surface area (Å²) in [5.74, 6) is 0. The molecule has 2 atom stereocenters. The summed E-state index contributed by atoms with van der Waals surface area (Å²) in [5, 5.41) is 3.55. The average molecular weight is 225 g/mol. The van der Waals surface area contributed by atoms with E-state index in [4.69, 9.17) is 9.47 Å².